The van der Waals surface area contributed by atoms with Gasteiger partial charge in [-0.3, -0.25) is 10.1 Å². The van der Waals surface area contributed by atoms with E-state index in [1.54, 1.807) is 0 Å². The summed E-state index contributed by atoms with van der Waals surface area (Å²) in [4.78, 5) is 9.98. The monoisotopic (exact) mass is 248 g/mol. The molecular weight excluding hydrogens is 236 g/mol. The minimum atomic E-state index is -0.815. The van der Waals surface area contributed by atoms with Gasteiger partial charge < -0.3 is 15.9 Å². The van der Waals surface area contributed by atoms with Crippen LogP contribution in [0.5, 0.6) is 5.75 Å². The highest BCUT2D eigenvalue weighted by molar-refractivity contribution is 5.85. The number of aryl methyl sites for hydroxylation is 1. The Bertz CT molecular complexity index is 397. The van der Waals surface area contributed by atoms with Gasteiger partial charge in [-0.05, 0) is 6.92 Å². The quantitative estimate of drug-likeness (QED) is 0.547. The Morgan fingerprint density at radius 1 is 1.56 bits per heavy atom. The minimum Gasteiger partial charge on any atom is -0.502 e. The Morgan fingerprint density at radius 3 is 2.56 bits per heavy atom. The zero-order valence-electron chi connectivity index (χ0n) is 8.58. The van der Waals surface area contributed by atoms with E-state index >= 15 is 0 Å². The van der Waals surface area contributed by atoms with Crippen molar-refractivity contribution in [3.8, 4) is 5.75 Å². The van der Waals surface area contributed by atoms with Crippen LogP contribution in [0.25, 0.3) is 0 Å². The van der Waals surface area contributed by atoms with Gasteiger partial charge in [0.05, 0.1) is 17.6 Å². The summed E-state index contributed by atoms with van der Waals surface area (Å²) in [5, 5.41) is 29.1. The summed E-state index contributed by atoms with van der Waals surface area (Å²) >= 11 is 0. The molecule has 0 aliphatic heterocycles. The van der Waals surface area contributed by atoms with E-state index in [1.807, 2.05) is 0 Å². The van der Waals surface area contributed by atoms with Gasteiger partial charge in [0.25, 0.3) is 0 Å². The second-order valence-corrected chi connectivity index (χ2v) is 3.22. The van der Waals surface area contributed by atoms with Gasteiger partial charge in [0.15, 0.2) is 5.75 Å². The van der Waals surface area contributed by atoms with Crippen LogP contribution in [0.1, 0.15) is 17.2 Å². The van der Waals surface area contributed by atoms with Crippen molar-refractivity contribution in [1.82, 2.24) is 0 Å². The number of benzene rings is 1. The second kappa shape index (κ2) is 5.64. The summed E-state index contributed by atoms with van der Waals surface area (Å²) in [7, 11) is 0. The Balaban J connectivity index is 0.00000225. The van der Waals surface area contributed by atoms with Gasteiger partial charge >= 0.3 is 5.69 Å². The Morgan fingerprint density at radius 2 is 2.12 bits per heavy atom. The number of nitro groups is 1. The van der Waals surface area contributed by atoms with Crippen LogP contribution < -0.4 is 5.73 Å². The van der Waals surface area contributed by atoms with Crippen molar-refractivity contribution in [1.29, 1.82) is 0 Å². The smallest absolute Gasteiger partial charge is 0.313 e. The molecular formula is C9H13ClN2O4. The molecule has 1 aromatic rings. The number of aromatic hydroxyl groups is 1. The maximum atomic E-state index is 10.6. The van der Waals surface area contributed by atoms with Gasteiger partial charge in [0, 0.05) is 11.1 Å². The Kier molecular flexibility index (Phi) is 5.16. The highest BCUT2D eigenvalue weighted by Crippen LogP contribution is 2.35. The van der Waals surface area contributed by atoms with Gasteiger partial charge in [-0.25, -0.2) is 0 Å². The zero-order chi connectivity index (χ0) is 11.6. The summed E-state index contributed by atoms with van der Waals surface area (Å²) in [6.45, 7) is 1.14. The number of phenols is 1. The summed E-state index contributed by atoms with van der Waals surface area (Å²) in [6.07, 6.45) is 0. The first kappa shape index (κ1) is 14.6. The maximum absolute atomic E-state index is 10.6. The lowest BCUT2D eigenvalue weighted by molar-refractivity contribution is -0.386. The number of hydrogen-bond acceptors (Lipinski definition) is 5. The third-order valence-electron chi connectivity index (χ3n) is 2.16. The predicted molar refractivity (Wildman–Crippen MR) is 60.8 cm³/mol. The number of hydrogen-bond donors (Lipinski definition) is 3. The fourth-order valence-electron chi connectivity index (χ4n) is 1.32. The fourth-order valence-corrected chi connectivity index (χ4v) is 1.32. The van der Waals surface area contributed by atoms with Crippen molar-refractivity contribution in [3.63, 3.8) is 0 Å². The van der Waals surface area contributed by atoms with Crippen LogP contribution in [0.2, 0.25) is 0 Å². The molecule has 0 saturated heterocycles. The molecule has 0 spiro atoms. The molecule has 90 valence electrons. The van der Waals surface area contributed by atoms with Crippen LogP contribution in [0.3, 0.4) is 0 Å². The van der Waals surface area contributed by atoms with E-state index < -0.39 is 16.7 Å². The molecule has 0 aliphatic rings. The standard InChI is InChI=1S/C9H12N2O4.ClH/c1-5-2-3-6(7(10)4-12)9(13)8(5)11(14)15;/h2-3,7,12-13H,4,10H2,1H3;1H/t7-;/m0./s1. The highest BCUT2D eigenvalue weighted by atomic mass is 35.5. The zero-order valence-corrected chi connectivity index (χ0v) is 9.40. The lowest BCUT2D eigenvalue weighted by Crippen LogP contribution is -2.15. The molecule has 0 saturated carbocycles. The number of phenolic OH excluding ortho intramolecular Hbond substituents is 1. The van der Waals surface area contributed by atoms with Crippen molar-refractivity contribution in [3.05, 3.63) is 33.4 Å². The summed E-state index contributed by atoms with van der Waals surface area (Å²) in [5.74, 6) is -0.471. The van der Waals surface area contributed by atoms with E-state index in [0.717, 1.165) is 0 Å². The number of halogens is 1. The third kappa shape index (κ3) is 2.60. The summed E-state index contributed by atoms with van der Waals surface area (Å²) in [6, 6.07) is 2.14. The van der Waals surface area contributed by atoms with Crippen LogP contribution in [0.15, 0.2) is 12.1 Å². The first-order chi connectivity index (χ1) is 6.99. The number of aliphatic hydroxyl groups excluding tert-OH is 1. The summed E-state index contributed by atoms with van der Waals surface area (Å²) < 4.78 is 0. The van der Waals surface area contributed by atoms with Crippen LogP contribution in [0, 0.1) is 17.0 Å². The molecule has 4 N–H and O–H groups in total. The molecule has 0 radical (unpaired) electrons. The third-order valence-corrected chi connectivity index (χ3v) is 2.16. The van der Waals surface area contributed by atoms with Crippen LogP contribution in [-0.4, -0.2) is 21.7 Å². The fraction of sp³-hybridized carbons (Fsp3) is 0.333. The van der Waals surface area contributed by atoms with Crippen LogP contribution in [-0.2, 0) is 0 Å². The van der Waals surface area contributed by atoms with Crippen molar-refractivity contribution in [2.24, 2.45) is 5.73 Å². The topological polar surface area (TPSA) is 110 Å². The molecule has 0 bridgehead atoms. The highest BCUT2D eigenvalue weighted by Gasteiger charge is 2.22. The van der Waals surface area contributed by atoms with E-state index in [4.69, 9.17) is 10.8 Å². The molecule has 0 aromatic heterocycles. The van der Waals surface area contributed by atoms with Crippen LogP contribution in [0.4, 0.5) is 5.69 Å². The largest absolute Gasteiger partial charge is 0.502 e. The predicted octanol–water partition coefficient (Wildman–Crippen LogP) is 1.02. The molecule has 0 heterocycles. The number of nitrogens with zero attached hydrogens (tertiary/aromatic N) is 1. The van der Waals surface area contributed by atoms with Gasteiger partial charge in [-0.2, -0.15) is 0 Å². The minimum absolute atomic E-state index is 0. The number of nitrogens with two attached hydrogens (primary N) is 1. The van der Waals surface area contributed by atoms with E-state index in [9.17, 15) is 15.2 Å². The lowest BCUT2D eigenvalue weighted by Gasteiger charge is -2.11. The van der Waals surface area contributed by atoms with Crippen molar-refractivity contribution < 1.29 is 15.1 Å². The van der Waals surface area contributed by atoms with Crippen molar-refractivity contribution in [2.75, 3.05) is 6.61 Å². The van der Waals surface area contributed by atoms with E-state index in [-0.39, 0.29) is 30.3 Å². The molecule has 7 heteroatoms. The second-order valence-electron chi connectivity index (χ2n) is 3.22. The SMILES string of the molecule is Cc1ccc([C@@H](N)CO)c(O)c1[N+](=O)[O-].Cl. The first-order valence-electron chi connectivity index (χ1n) is 4.32. The molecule has 0 amide bonds. The van der Waals surface area contributed by atoms with Gasteiger partial charge in [-0.1, -0.05) is 12.1 Å². The molecule has 0 fully saturated rings. The lowest BCUT2D eigenvalue weighted by atomic mass is 10.0. The van der Waals surface area contributed by atoms with Crippen LogP contribution >= 0.6 is 12.4 Å². The maximum Gasteiger partial charge on any atom is 0.313 e. The molecule has 1 atom stereocenters. The normalized spacial score (nSPS) is 11.7. The first-order valence-corrected chi connectivity index (χ1v) is 4.32. The molecule has 16 heavy (non-hydrogen) atoms. The molecule has 0 unspecified atom stereocenters. The summed E-state index contributed by atoms with van der Waals surface area (Å²) in [5.41, 5.74) is 5.65. The molecule has 6 nitrogen and oxygen atoms in total. The van der Waals surface area contributed by atoms with E-state index in [2.05, 4.69) is 0 Å². The molecule has 0 aliphatic carbocycles. The Hall–Kier alpha value is -1.37. The van der Waals surface area contributed by atoms with E-state index in [1.165, 1.54) is 19.1 Å². The number of rotatable bonds is 3. The van der Waals surface area contributed by atoms with Crippen molar-refractivity contribution in [2.45, 2.75) is 13.0 Å². The number of aliphatic hydroxyl groups is 1. The average molecular weight is 249 g/mol. The van der Waals surface area contributed by atoms with E-state index in [0.29, 0.717) is 5.56 Å². The average Bonchev–Trinajstić information content (AvgIpc) is 2.16. The molecule has 1 aromatic carbocycles. The van der Waals surface area contributed by atoms with Gasteiger partial charge in [0.2, 0.25) is 0 Å². The number of nitro benzene ring substituents is 1. The van der Waals surface area contributed by atoms with Gasteiger partial charge in [-0.15, -0.1) is 12.4 Å². The van der Waals surface area contributed by atoms with Gasteiger partial charge in [0.1, 0.15) is 0 Å². The molecule has 1 rings (SSSR count). The van der Waals surface area contributed by atoms with Crippen molar-refractivity contribution >= 4 is 18.1 Å². The Labute approximate surface area is 98.3 Å².